The average molecular weight is 434 g/mol. The predicted octanol–water partition coefficient (Wildman–Crippen LogP) is 4.19. The van der Waals surface area contributed by atoms with Crippen LogP contribution in [-0.2, 0) is 6.54 Å². The molecule has 2 aliphatic heterocycles. The molecule has 0 atom stereocenters. The van der Waals surface area contributed by atoms with Gasteiger partial charge >= 0.3 is 6.09 Å². The molecule has 4 rings (SSSR count). The van der Waals surface area contributed by atoms with Gasteiger partial charge in [0, 0.05) is 58.1 Å². The molecule has 2 heterocycles. The van der Waals surface area contributed by atoms with Crippen LogP contribution in [0.15, 0.2) is 66.9 Å². The maximum atomic E-state index is 12.8. The fraction of sp³-hybridized carbons (Fsp3) is 0.385. The molecule has 0 aliphatic carbocycles. The van der Waals surface area contributed by atoms with Crippen molar-refractivity contribution in [3.8, 4) is 5.75 Å². The van der Waals surface area contributed by atoms with Gasteiger partial charge in [-0.05, 0) is 37.0 Å². The van der Waals surface area contributed by atoms with Crippen LogP contribution in [0.4, 0.5) is 4.79 Å². The van der Waals surface area contributed by atoms with Gasteiger partial charge in [-0.25, -0.2) is 4.79 Å². The number of piperidine rings is 1. The number of para-hydroxylation sites is 1. The Hall–Kier alpha value is -3.12. The molecule has 0 bridgehead atoms. The SMILES string of the molecule is O=C(C=CN1CCN(Cc2ccccc2)CC1)c1ccccc1OC(=O)N1CCCCC1. The van der Waals surface area contributed by atoms with E-state index < -0.39 is 0 Å². The summed E-state index contributed by atoms with van der Waals surface area (Å²) in [4.78, 5) is 31.6. The number of piperazine rings is 1. The molecule has 1 amide bonds. The summed E-state index contributed by atoms with van der Waals surface area (Å²) in [7, 11) is 0. The van der Waals surface area contributed by atoms with Gasteiger partial charge in [0.25, 0.3) is 0 Å². The zero-order chi connectivity index (χ0) is 22.2. The molecular formula is C26H31N3O3. The van der Waals surface area contributed by atoms with Crippen LogP contribution in [0.1, 0.15) is 35.2 Å². The second-order valence-electron chi connectivity index (χ2n) is 8.39. The highest BCUT2D eigenvalue weighted by molar-refractivity contribution is 6.06. The highest BCUT2D eigenvalue weighted by atomic mass is 16.6. The van der Waals surface area contributed by atoms with Crippen LogP contribution in [0.3, 0.4) is 0 Å². The van der Waals surface area contributed by atoms with Crippen LogP contribution in [0.25, 0.3) is 0 Å². The predicted molar refractivity (Wildman–Crippen MR) is 125 cm³/mol. The van der Waals surface area contributed by atoms with E-state index in [2.05, 4.69) is 34.1 Å². The van der Waals surface area contributed by atoms with Crippen molar-refractivity contribution < 1.29 is 14.3 Å². The highest BCUT2D eigenvalue weighted by Crippen LogP contribution is 2.21. The quantitative estimate of drug-likeness (QED) is 0.505. The maximum absolute atomic E-state index is 12.8. The summed E-state index contributed by atoms with van der Waals surface area (Å²) < 4.78 is 5.58. The van der Waals surface area contributed by atoms with Gasteiger partial charge in [-0.3, -0.25) is 9.69 Å². The van der Waals surface area contributed by atoms with Crippen LogP contribution in [0, 0.1) is 0 Å². The number of carbonyl (C=O) groups is 2. The zero-order valence-electron chi connectivity index (χ0n) is 18.5. The Bertz CT molecular complexity index is 930. The molecule has 0 aromatic heterocycles. The lowest BCUT2D eigenvalue weighted by molar-refractivity contribution is 0.103. The first-order valence-corrected chi connectivity index (χ1v) is 11.5. The Balaban J connectivity index is 1.30. The van der Waals surface area contributed by atoms with E-state index in [4.69, 9.17) is 4.74 Å². The fourth-order valence-corrected chi connectivity index (χ4v) is 4.17. The topological polar surface area (TPSA) is 53.1 Å². The largest absolute Gasteiger partial charge is 0.415 e. The minimum atomic E-state index is -0.372. The second kappa shape index (κ2) is 11.0. The summed E-state index contributed by atoms with van der Waals surface area (Å²) >= 11 is 0. The van der Waals surface area contributed by atoms with E-state index in [0.29, 0.717) is 24.4 Å². The molecule has 2 fully saturated rings. The van der Waals surface area contributed by atoms with Crippen LogP contribution in [-0.4, -0.2) is 65.8 Å². The molecule has 0 saturated carbocycles. The van der Waals surface area contributed by atoms with Crippen molar-refractivity contribution in [2.75, 3.05) is 39.3 Å². The van der Waals surface area contributed by atoms with E-state index >= 15 is 0 Å². The number of allylic oxidation sites excluding steroid dienone is 1. The van der Waals surface area contributed by atoms with Crippen LogP contribution in [0.5, 0.6) is 5.75 Å². The Kier molecular flexibility index (Phi) is 7.56. The maximum Gasteiger partial charge on any atom is 0.415 e. The second-order valence-corrected chi connectivity index (χ2v) is 8.39. The monoisotopic (exact) mass is 433 g/mol. The minimum absolute atomic E-state index is 0.154. The number of hydrogen-bond acceptors (Lipinski definition) is 5. The van der Waals surface area contributed by atoms with Gasteiger partial charge in [0.15, 0.2) is 5.78 Å². The molecule has 6 nitrogen and oxygen atoms in total. The van der Waals surface area contributed by atoms with Gasteiger partial charge in [0.1, 0.15) is 5.75 Å². The number of ketones is 1. The van der Waals surface area contributed by atoms with Gasteiger partial charge in [-0.1, -0.05) is 42.5 Å². The lowest BCUT2D eigenvalue weighted by Gasteiger charge is -2.34. The van der Waals surface area contributed by atoms with E-state index in [1.54, 1.807) is 35.2 Å². The van der Waals surface area contributed by atoms with Gasteiger partial charge in [0.2, 0.25) is 0 Å². The zero-order valence-corrected chi connectivity index (χ0v) is 18.5. The van der Waals surface area contributed by atoms with Crippen LogP contribution >= 0.6 is 0 Å². The van der Waals surface area contributed by atoms with Crippen LogP contribution < -0.4 is 4.74 Å². The molecule has 32 heavy (non-hydrogen) atoms. The van der Waals surface area contributed by atoms with E-state index in [-0.39, 0.29) is 11.9 Å². The number of carbonyl (C=O) groups excluding carboxylic acids is 2. The first kappa shape index (κ1) is 22.1. The number of ether oxygens (including phenoxy) is 1. The van der Waals surface area contributed by atoms with E-state index in [1.165, 1.54) is 5.56 Å². The van der Waals surface area contributed by atoms with Gasteiger partial charge in [-0.15, -0.1) is 0 Å². The number of nitrogens with zero attached hydrogens (tertiary/aromatic N) is 3. The van der Waals surface area contributed by atoms with Crippen molar-refractivity contribution in [1.82, 2.24) is 14.7 Å². The Morgan fingerprint density at radius 2 is 1.50 bits per heavy atom. The summed E-state index contributed by atoms with van der Waals surface area (Å²) in [5.41, 5.74) is 1.74. The number of benzene rings is 2. The molecule has 0 radical (unpaired) electrons. The fourth-order valence-electron chi connectivity index (χ4n) is 4.17. The first-order chi connectivity index (χ1) is 15.7. The number of likely N-dealkylation sites (tertiary alicyclic amines) is 1. The Morgan fingerprint density at radius 3 is 2.25 bits per heavy atom. The Labute approximate surface area is 190 Å². The lowest BCUT2D eigenvalue weighted by Crippen LogP contribution is -2.43. The van der Waals surface area contributed by atoms with E-state index in [1.807, 2.05) is 12.3 Å². The molecule has 2 aromatic carbocycles. The molecule has 168 valence electrons. The molecule has 0 N–H and O–H groups in total. The van der Waals surface area contributed by atoms with E-state index in [0.717, 1.165) is 52.0 Å². The van der Waals surface area contributed by atoms with Crippen molar-refractivity contribution in [3.05, 3.63) is 78.0 Å². The minimum Gasteiger partial charge on any atom is -0.409 e. The summed E-state index contributed by atoms with van der Waals surface area (Å²) in [6.45, 7) is 6.04. The van der Waals surface area contributed by atoms with Crippen molar-refractivity contribution in [1.29, 1.82) is 0 Å². The van der Waals surface area contributed by atoms with Gasteiger partial charge < -0.3 is 14.5 Å². The summed E-state index contributed by atoms with van der Waals surface area (Å²) in [5.74, 6) is 0.171. The van der Waals surface area contributed by atoms with Crippen molar-refractivity contribution in [3.63, 3.8) is 0 Å². The van der Waals surface area contributed by atoms with Gasteiger partial charge in [-0.2, -0.15) is 0 Å². The standard InChI is InChI=1S/C26H31N3O3/c30-24(13-16-27-17-19-28(20-18-27)21-22-9-3-1-4-10-22)23-11-5-6-12-25(23)32-26(31)29-14-7-2-8-15-29/h1,3-6,9-13,16H,2,7-8,14-15,17-21H2. The smallest absolute Gasteiger partial charge is 0.409 e. The van der Waals surface area contributed by atoms with Crippen LogP contribution in [0.2, 0.25) is 0 Å². The average Bonchev–Trinajstić information content (AvgIpc) is 2.85. The first-order valence-electron chi connectivity index (χ1n) is 11.5. The molecule has 0 unspecified atom stereocenters. The number of amides is 1. The third-order valence-electron chi connectivity index (χ3n) is 6.06. The Morgan fingerprint density at radius 1 is 0.812 bits per heavy atom. The molecule has 6 heteroatoms. The van der Waals surface area contributed by atoms with Gasteiger partial charge in [0.05, 0.1) is 5.56 Å². The normalized spacial score (nSPS) is 17.5. The highest BCUT2D eigenvalue weighted by Gasteiger charge is 2.21. The molecule has 0 spiro atoms. The van der Waals surface area contributed by atoms with E-state index in [9.17, 15) is 9.59 Å². The third kappa shape index (κ3) is 5.98. The number of hydrogen-bond donors (Lipinski definition) is 0. The van der Waals surface area contributed by atoms with Crippen molar-refractivity contribution in [2.45, 2.75) is 25.8 Å². The summed E-state index contributed by atoms with van der Waals surface area (Å²) in [6, 6.07) is 17.5. The van der Waals surface area contributed by atoms with Crippen molar-refractivity contribution in [2.24, 2.45) is 0 Å². The van der Waals surface area contributed by atoms with Crippen molar-refractivity contribution >= 4 is 11.9 Å². The lowest BCUT2D eigenvalue weighted by atomic mass is 10.1. The molecular weight excluding hydrogens is 402 g/mol. The number of rotatable bonds is 6. The summed E-state index contributed by atoms with van der Waals surface area (Å²) in [6.07, 6.45) is 6.22. The molecule has 2 aliphatic rings. The molecule has 2 aromatic rings. The third-order valence-corrected chi connectivity index (χ3v) is 6.06. The summed E-state index contributed by atoms with van der Waals surface area (Å²) in [5, 5.41) is 0. The molecule has 2 saturated heterocycles.